The van der Waals surface area contributed by atoms with Crippen molar-refractivity contribution in [2.45, 2.75) is 18.6 Å². The molecule has 2 atom stereocenters. The molecule has 2 rings (SSSR count). The molecule has 120 valence electrons. The SMILES string of the molecule is NC(=O)CO[C@H]1CCOC[C@H]1NC(=O)c1cc(Cl)c[nH]c1=O. The van der Waals surface area contributed by atoms with Crippen molar-refractivity contribution in [3.05, 3.63) is 33.2 Å². The van der Waals surface area contributed by atoms with Crippen molar-refractivity contribution in [1.82, 2.24) is 10.3 Å². The van der Waals surface area contributed by atoms with Crippen molar-refractivity contribution < 1.29 is 19.1 Å². The van der Waals surface area contributed by atoms with Crippen LogP contribution in [0.25, 0.3) is 0 Å². The van der Waals surface area contributed by atoms with Gasteiger partial charge in [-0.1, -0.05) is 11.6 Å². The third kappa shape index (κ3) is 4.30. The van der Waals surface area contributed by atoms with E-state index in [4.69, 9.17) is 26.8 Å². The van der Waals surface area contributed by atoms with Gasteiger partial charge in [0.05, 0.1) is 23.8 Å². The van der Waals surface area contributed by atoms with Crippen LogP contribution in [0.1, 0.15) is 16.8 Å². The Balaban J connectivity index is 2.06. The smallest absolute Gasteiger partial charge is 0.260 e. The number of amides is 2. The summed E-state index contributed by atoms with van der Waals surface area (Å²) in [6.45, 7) is 0.427. The molecule has 1 aliphatic rings. The molecule has 0 bridgehead atoms. The van der Waals surface area contributed by atoms with Crippen LogP contribution in [0.4, 0.5) is 0 Å². The minimum absolute atomic E-state index is 0.105. The van der Waals surface area contributed by atoms with Crippen LogP contribution >= 0.6 is 11.6 Å². The topological polar surface area (TPSA) is 124 Å². The van der Waals surface area contributed by atoms with E-state index in [1.807, 2.05) is 0 Å². The predicted octanol–water partition coefficient (Wildman–Crippen LogP) is -0.582. The molecule has 0 unspecified atom stereocenters. The largest absolute Gasteiger partial charge is 0.379 e. The Morgan fingerprint density at radius 1 is 1.55 bits per heavy atom. The van der Waals surface area contributed by atoms with Gasteiger partial charge in [0, 0.05) is 12.8 Å². The molecular weight excluding hydrogens is 314 g/mol. The summed E-state index contributed by atoms with van der Waals surface area (Å²) in [5.74, 6) is -1.19. The van der Waals surface area contributed by atoms with Gasteiger partial charge in [-0.2, -0.15) is 0 Å². The van der Waals surface area contributed by atoms with Gasteiger partial charge in [-0.15, -0.1) is 0 Å². The summed E-state index contributed by atoms with van der Waals surface area (Å²) in [6, 6.07) is 0.789. The molecule has 1 fully saturated rings. The van der Waals surface area contributed by atoms with Crippen LogP contribution in [0, 0.1) is 0 Å². The van der Waals surface area contributed by atoms with E-state index in [1.54, 1.807) is 0 Å². The average molecular weight is 330 g/mol. The zero-order valence-corrected chi connectivity index (χ0v) is 12.4. The van der Waals surface area contributed by atoms with E-state index in [-0.39, 0.29) is 23.8 Å². The van der Waals surface area contributed by atoms with Gasteiger partial charge in [0.1, 0.15) is 12.2 Å². The molecule has 4 N–H and O–H groups in total. The second-order valence-electron chi connectivity index (χ2n) is 4.82. The third-order valence-corrected chi connectivity index (χ3v) is 3.38. The molecule has 8 nitrogen and oxygen atoms in total. The standard InChI is InChI=1S/C13H16ClN3O5/c14-7-3-8(12(19)16-4-7)13(20)17-9-5-21-2-1-10(9)22-6-11(15)18/h3-4,9-10H,1-2,5-6H2,(H2,15,18)(H,16,19)(H,17,20)/t9-,10+/m1/s1. The van der Waals surface area contributed by atoms with Crippen LogP contribution in [0.15, 0.2) is 17.1 Å². The fraction of sp³-hybridized carbons (Fsp3) is 0.462. The molecule has 0 aliphatic carbocycles. The van der Waals surface area contributed by atoms with Gasteiger partial charge in [-0.3, -0.25) is 14.4 Å². The normalized spacial score (nSPS) is 21.3. The van der Waals surface area contributed by atoms with E-state index < -0.39 is 29.5 Å². The number of hydrogen-bond donors (Lipinski definition) is 3. The first-order valence-corrected chi connectivity index (χ1v) is 7.02. The van der Waals surface area contributed by atoms with Crippen LogP contribution < -0.4 is 16.6 Å². The molecule has 2 heterocycles. The van der Waals surface area contributed by atoms with Gasteiger partial charge in [-0.05, 0) is 12.5 Å². The number of carbonyl (C=O) groups is 2. The summed E-state index contributed by atoms with van der Waals surface area (Å²) in [7, 11) is 0. The van der Waals surface area contributed by atoms with Crippen LogP contribution in [0.3, 0.4) is 0 Å². The third-order valence-electron chi connectivity index (χ3n) is 3.16. The number of primary amides is 1. The number of carbonyl (C=O) groups excluding carboxylic acids is 2. The molecule has 0 aromatic carbocycles. The number of nitrogens with two attached hydrogens (primary N) is 1. The number of ether oxygens (including phenoxy) is 2. The van der Waals surface area contributed by atoms with Gasteiger partial charge < -0.3 is 25.5 Å². The van der Waals surface area contributed by atoms with Gasteiger partial charge in [0.2, 0.25) is 5.91 Å². The summed E-state index contributed by atoms with van der Waals surface area (Å²) in [5.41, 5.74) is 4.39. The Hall–Kier alpha value is -1.90. The summed E-state index contributed by atoms with van der Waals surface area (Å²) >= 11 is 5.77. The highest BCUT2D eigenvalue weighted by Crippen LogP contribution is 2.13. The van der Waals surface area contributed by atoms with Gasteiger partial charge in [0.15, 0.2) is 0 Å². The number of H-pyrrole nitrogens is 1. The maximum absolute atomic E-state index is 12.2. The zero-order chi connectivity index (χ0) is 16.1. The Kier molecular flexibility index (Phi) is 5.53. The first-order chi connectivity index (χ1) is 10.5. The van der Waals surface area contributed by atoms with Crippen LogP contribution in [-0.4, -0.2) is 48.8 Å². The number of hydrogen-bond acceptors (Lipinski definition) is 5. The molecule has 0 saturated carbocycles. The summed E-state index contributed by atoms with van der Waals surface area (Å²) in [6.07, 6.45) is 1.39. The second-order valence-corrected chi connectivity index (χ2v) is 5.26. The number of pyridine rings is 1. The first-order valence-electron chi connectivity index (χ1n) is 6.64. The second kappa shape index (κ2) is 7.39. The molecule has 9 heteroatoms. The maximum atomic E-state index is 12.2. The first kappa shape index (κ1) is 16.5. The Labute approximate surface area is 130 Å². The van der Waals surface area contributed by atoms with Crippen LogP contribution in [-0.2, 0) is 14.3 Å². The lowest BCUT2D eigenvalue weighted by Crippen LogP contribution is -2.51. The zero-order valence-electron chi connectivity index (χ0n) is 11.6. The monoisotopic (exact) mass is 329 g/mol. The summed E-state index contributed by atoms with van der Waals surface area (Å²) in [5, 5.41) is 2.90. The molecular formula is C13H16ClN3O5. The quantitative estimate of drug-likeness (QED) is 0.666. The average Bonchev–Trinajstić information content (AvgIpc) is 2.48. The summed E-state index contributed by atoms with van der Waals surface area (Å²) in [4.78, 5) is 37.0. The molecule has 0 radical (unpaired) electrons. The lowest BCUT2D eigenvalue weighted by atomic mass is 10.1. The van der Waals surface area contributed by atoms with Crippen molar-refractivity contribution in [3.63, 3.8) is 0 Å². The van der Waals surface area contributed by atoms with Crippen molar-refractivity contribution in [2.24, 2.45) is 5.73 Å². The van der Waals surface area contributed by atoms with E-state index >= 15 is 0 Å². The van der Waals surface area contributed by atoms with E-state index in [0.29, 0.717) is 13.0 Å². The van der Waals surface area contributed by atoms with E-state index in [9.17, 15) is 14.4 Å². The van der Waals surface area contributed by atoms with E-state index in [2.05, 4.69) is 10.3 Å². The van der Waals surface area contributed by atoms with E-state index in [0.717, 1.165) is 0 Å². The number of rotatable bonds is 5. The number of halogens is 1. The van der Waals surface area contributed by atoms with Crippen LogP contribution in [0.5, 0.6) is 0 Å². The number of nitrogens with one attached hydrogen (secondary N) is 2. The van der Waals surface area contributed by atoms with Crippen molar-refractivity contribution in [2.75, 3.05) is 19.8 Å². The highest BCUT2D eigenvalue weighted by atomic mass is 35.5. The molecule has 2 amide bonds. The van der Waals surface area contributed by atoms with Crippen LogP contribution in [0.2, 0.25) is 5.02 Å². The van der Waals surface area contributed by atoms with Gasteiger partial charge in [0.25, 0.3) is 11.5 Å². The van der Waals surface area contributed by atoms with Gasteiger partial charge in [-0.25, -0.2) is 0 Å². The lowest BCUT2D eigenvalue weighted by Gasteiger charge is -2.31. The molecule has 0 spiro atoms. The highest BCUT2D eigenvalue weighted by Gasteiger charge is 2.29. The van der Waals surface area contributed by atoms with Gasteiger partial charge >= 0.3 is 0 Å². The molecule has 22 heavy (non-hydrogen) atoms. The fourth-order valence-corrected chi connectivity index (χ4v) is 2.28. The van der Waals surface area contributed by atoms with Crippen molar-refractivity contribution >= 4 is 23.4 Å². The summed E-state index contributed by atoms with van der Waals surface area (Å²) < 4.78 is 10.7. The minimum Gasteiger partial charge on any atom is -0.379 e. The lowest BCUT2D eigenvalue weighted by molar-refractivity contribution is -0.128. The number of aromatic amines is 1. The predicted molar refractivity (Wildman–Crippen MR) is 77.7 cm³/mol. The fourth-order valence-electron chi connectivity index (χ4n) is 2.11. The Morgan fingerprint density at radius 2 is 2.32 bits per heavy atom. The minimum atomic E-state index is -0.595. The van der Waals surface area contributed by atoms with Crippen molar-refractivity contribution in [1.29, 1.82) is 0 Å². The Morgan fingerprint density at radius 3 is 3.05 bits per heavy atom. The Bertz CT molecular complexity index is 618. The number of aromatic nitrogens is 1. The highest BCUT2D eigenvalue weighted by molar-refractivity contribution is 6.30. The van der Waals surface area contributed by atoms with E-state index in [1.165, 1.54) is 12.3 Å². The van der Waals surface area contributed by atoms with Crippen molar-refractivity contribution in [3.8, 4) is 0 Å². The molecule has 1 aliphatic heterocycles. The molecule has 1 aromatic heterocycles. The molecule has 1 saturated heterocycles. The molecule has 1 aromatic rings. The maximum Gasteiger partial charge on any atom is 0.260 e.